The number of hydrazone groups is 1. The normalized spacial score (nSPS) is 16.4. The molecule has 4 rings (SSSR count). The van der Waals surface area contributed by atoms with E-state index in [0.29, 0.717) is 17.1 Å². The molecular weight excluding hydrogens is 476 g/mol. The van der Waals surface area contributed by atoms with Crippen molar-refractivity contribution < 1.29 is 14.7 Å². The number of hydrogen-bond donors (Lipinski definition) is 2. The van der Waals surface area contributed by atoms with Crippen LogP contribution < -0.4 is 5.32 Å². The van der Waals surface area contributed by atoms with Crippen LogP contribution in [0.4, 0.5) is 0 Å². The Morgan fingerprint density at radius 2 is 1.75 bits per heavy atom. The number of halogens is 1. The molecule has 0 radical (unpaired) electrons. The van der Waals surface area contributed by atoms with E-state index in [1.54, 1.807) is 36.2 Å². The molecule has 1 heterocycles. The summed E-state index contributed by atoms with van der Waals surface area (Å²) in [6.45, 7) is 4.03. The molecule has 0 saturated carbocycles. The lowest BCUT2D eigenvalue weighted by atomic mass is 9.90. The summed E-state index contributed by atoms with van der Waals surface area (Å²) in [5.41, 5.74) is 4.45. The van der Waals surface area contributed by atoms with Crippen molar-refractivity contribution in [2.75, 3.05) is 13.1 Å². The first-order valence-electron chi connectivity index (χ1n) is 11.6. The number of guanidine groups is 1. The second-order valence-electron chi connectivity index (χ2n) is 8.76. The van der Waals surface area contributed by atoms with Crippen molar-refractivity contribution in [2.24, 2.45) is 16.0 Å². The number of carbonyl (C=O) groups is 2. The fourth-order valence-corrected chi connectivity index (χ4v) is 3.95. The molecule has 3 aromatic carbocycles. The SMILES string of the molecule is Cc1ccc(C2=NN(C(=NCC(C)C(=O)O)NC(=O)c3ccc(Cl)cc3)CC2c2ccccc2)cc1. The highest BCUT2D eigenvalue weighted by atomic mass is 35.5. The van der Waals surface area contributed by atoms with Gasteiger partial charge in [0.15, 0.2) is 0 Å². The average molecular weight is 503 g/mol. The van der Waals surface area contributed by atoms with Crippen molar-refractivity contribution in [3.63, 3.8) is 0 Å². The van der Waals surface area contributed by atoms with Crippen LogP contribution >= 0.6 is 11.6 Å². The lowest BCUT2D eigenvalue weighted by Gasteiger charge is -2.19. The van der Waals surface area contributed by atoms with Gasteiger partial charge in [0.25, 0.3) is 5.91 Å². The molecule has 2 N–H and O–H groups in total. The standard InChI is InChI=1S/C28H27ClN4O3/c1-18-8-10-21(11-9-18)25-24(20-6-4-3-5-7-20)17-33(32-25)28(30-16-19(2)27(35)36)31-26(34)22-12-14-23(29)15-13-22/h3-15,19,24H,16-17H2,1-2H3,(H,35,36)(H,30,31,34). The first-order chi connectivity index (χ1) is 17.3. The van der Waals surface area contributed by atoms with Crippen LogP contribution in [0.1, 0.15) is 39.9 Å². The molecule has 7 nitrogen and oxygen atoms in total. The van der Waals surface area contributed by atoms with Crippen LogP contribution in [-0.2, 0) is 4.79 Å². The molecule has 36 heavy (non-hydrogen) atoms. The van der Waals surface area contributed by atoms with Crippen molar-refractivity contribution in [1.29, 1.82) is 0 Å². The molecule has 8 heteroatoms. The zero-order chi connectivity index (χ0) is 25.7. The predicted octanol–water partition coefficient (Wildman–Crippen LogP) is 4.96. The number of nitrogens with zero attached hydrogens (tertiary/aromatic N) is 3. The molecular formula is C28H27ClN4O3. The average Bonchev–Trinajstić information content (AvgIpc) is 3.33. The first kappa shape index (κ1) is 25.1. The van der Waals surface area contributed by atoms with Crippen LogP contribution in [0.25, 0.3) is 0 Å². The van der Waals surface area contributed by atoms with E-state index in [1.165, 1.54) is 0 Å². The number of benzene rings is 3. The fraction of sp³-hybridized carbons (Fsp3) is 0.214. The zero-order valence-electron chi connectivity index (χ0n) is 20.1. The van der Waals surface area contributed by atoms with Gasteiger partial charge < -0.3 is 5.11 Å². The molecule has 1 amide bonds. The molecule has 0 spiro atoms. The van der Waals surface area contributed by atoms with E-state index in [1.807, 2.05) is 61.5 Å². The summed E-state index contributed by atoms with van der Waals surface area (Å²) in [7, 11) is 0. The van der Waals surface area contributed by atoms with Crippen molar-refractivity contribution in [1.82, 2.24) is 10.3 Å². The minimum atomic E-state index is -0.963. The van der Waals surface area contributed by atoms with Crippen LogP contribution in [-0.4, -0.2) is 46.8 Å². The Bertz CT molecular complexity index is 1290. The summed E-state index contributed by atoms with van der Waals surface area (Å²) in [5, 5.41) is 19.2. The van der Waals surface area contributed by atoms with E-state index < -0.39 is 11.9 Å². The summed E-state index contributed by atoms with van der Waals surface area (Å²) < 4.78 is 0. The Morgan fingerprint density at radius 3 is 2.39 bits per heavy atom. The third kappa shape index (κ3) is 5.98. The zero-order valence-corrected chi connectivity index (χ0v) is 20.8. The fourth-order valence-electron chi connectivity index (χ4n) is 3.83. The van der Waals surface area contributed by atoms with Crippen molar-refractivity contribution in [3.8, 4) is 0 Å². The number of carboxylic acid groups (broad SMARTS) is 1. The van der Waals surface area contributed by atoms with Crippen molar-refractivity contribution >= 4 is 35.1 Å². The molecule has 0 bridgehead atoms. The maximum Gasteiger partial charge on any atom is 0.308 e. The molecule has 0 aromatic heterocycles. The van der Waals surface area contributed by atoms with Gasteiger partial charge in [-0.25, -0.2) is 5.01 Å². The Morgan fingerprint density at radius 1 is 1.08 bits per heavy atom. The number of rotatable bonds is 6. The summed E-state index contributed by atoms with van der Waals surface area (Å²) in [4.78, 5) is 28.9. The smallest absolute Gasteiger partial charge is 0.308 e. The lowest BCUT2D eigenvalue weighted by molar-refractivity contribution is -0.140. The molecule has 2 atom stereocenters. The van der Waals surface area contributed by atoms with Gasteiger partial charge in [-0.2, -0.15) is 5.10 Å². The number of carboxylic acids is 1. The maximum absolute atomic E-state index is 13.0. The van der Waals surface area contributed by atoms with E-state index >= 15 is 0 Å². The lowest BCUT2D eigenvalue weighted by Crippen LogP contribution is -2.42. The van der Waals surface area contributed by atoms with Gasteiger partial charge in [0.1, 0.15) is 0 Å². The molecule has 0 aliphatic carbocycles. The highest BCUT2D eigenvalue weighted by Crippen LogP contribution is 2.29. The third-order valence-corrected chi connectivity index (χ3v) is 6.23. The van der Waals surface area contributed by atoms with Crippen LogP contribution in [0.2, 0.25) is 5.02 Å². The highest BCUT2D eigenvalue weighted by molar-refractivity contribution is 6.30. The quantitative estimate of drug-likeness (QED) is 0.368. The summed E-state index contributed by atoms with van der Waals surface area (Å²) in [6, 6.07) is 24.7. The third-order valence-electron chi connectivity index (χ3n) is 5.98. The Balaban J connectivity index is 1.70. The molecule has 0 fully saturated rings. The number of nitrogens with one attached hydrogen (secondary N) is 1. The van der Waals surface area contributed by atoms with Crippen LogP contribution in [0.3, 0.4) is 0 Å². The number of aryl methyl sites for hydroxylation is 1. The van der Waals surface area contributed by atoms with Crippen molar-refractivity contribution in [2.45, 2.75) is 19.8 Å². The number of amides is 1. The first-order valence-corrected chi connectivity index (χ1v) is 12.0. The monoisotopic (exact) mass is 502 g/mol. The second kappa shape index (κ2) is 11.2. The van der Waals surface area contributed by atoms with Gasteiger partial charge >= 0.3 is 5.97 Å². The summed E-state index contributed by atoms with van der Waals surface area (Å²) in [6.07, 6.45) is 0. The van der Waals surface area contributed by atoms with E-state index in [9.17, 15) is 14.7 Å². The van der Waals surface area contributed by atoms with Gasteiger partial charge in [-0.05, 0) is 42.3 Å². The van der Waals surface area contributed by atoms with Gasteiger partial charge in [0.05, 0.1) is 24.7 Å². The largest absolute Gasteiger partial charge is 0.481 e. The summed E-state index contributed by atoms with van der Waals surface area (Å²) >= 11 is 5.96. The van der Waals surface area contributed by atoms with Gasteiger partial charge in [0, 0.05) is 16.5 Å². The molecule has 184 valence electrons. The van der Waals surface area contributed by atoms with Crippen LogP contribution in [0, 0.1) is 12.8 Å². The number of aliphatic imine (C=N–C) groups is 1. The Hall–Kier alpha value is -3.97. The minimum absolute atomic E-state index is 0.00649. The van der Waals surface area contributed by atoms with Crippen LogP contribution in [0.5, 0.6) is 0 Å². The predicted molar refractivity (Wildman–Crippen MR) is 142 cm³/mol. The summed E-state index contributed by atoms with van der Waals surface area (Å²) in [5.74, 6) is -1.94. The number of aliphatic carboxylic acids is 1. The second-order valence-corrected chi connectivity index (χ2v) is 9.20. The van der Waals surface area contributed by atoms with E-state index in [-0.39, 0.29) is 24.3 Å². The van der Waals surface area contributed by atoms with Gasteiger partial charge in [-0.15, -0.1) is 0 Å². The maximum atomic E-state index is 13.0. The highest BCUT2D eigenvalue weighted by Gasteiger charge is 2.32. The molecule has 1 aliphatic rings. The number of carbonyl (C=O) groups excluding carboxylic acids is 1. The topological polar surface area (TPSA) is 94.4 Å². The molecule has 1 aliphatic heterocycles. The molecule has 0 saturated heterocycles. The molecule has 2 unspecified atom stereocenters. The van der Waals surface area contributed by atoms with E-state index in [0.717, 1.165) is 22.4 Å². The number of hydrogen-bond acceptors (Lipinski definition) is 4. The van der Waals surface area contributed by atoms with Gasteiger partial charge in [-0.3, -0.25) is 19.9 Å². The van der Waals surface area contributed by atoms with E-state index in [4.69, 9.17) is 16.7 Å². The molecule has 3 aromatic rings. The van der Waals surface area contributed by atoms with Gasteiger partial charge in [-0.1, -0.05) is 78.7 Å². The van der Waals surface area contributed by atoms with E-state index in [2.05, 4.69) is 10.3 Å². The Kier molecular flexibility index (Phi) is 7.80. The van der Waals surface area contributed by atoms with Crippen LogP contribution in [0.15, 0.2) is 89.0 Å². The van der Waals surface area contributed by atoms with Gasteiger partial charge in [0.2, 0.25) is 5.96 Å². The van der Waals surface area contributed by atoms with Crippen molar-refractivity contribution in [3.05, 3.63) is 106 Å². The Labute approximate surface area is 215 Å². The minimum Gasteiger partial charge on any atom is -0.481 e.